The molecule has 5 rings (SSSR count). The second-order valence-electron chi connectivity index (χ2n) is 7.40. The number of para-hydroxylation sites is 1. The molecule has 30 heavy (non-hydrogen) atoms. The number of pyridine rings is 1. The molecule has 4 aromatic rings. The van der Waals surface area contributed by atoms with E-state index < -0.39 is 0 Å². The Hall–Kier alpha value is -3.19. The van der Waals surface area contributed by atoms with Crippen molar-refractivity contribution in [1.29, 1.82) is 0 Å². The number of amides is 1. The lowest BCUT2D eigenvalue weighted by atomic mass is 10.2. The van der Waals surface area contributed by atoms with Crippen LogP contribution in [-0.2, 0) is 4.79 Å². The Labute approximate surface area is 178 Å². The van der Waals surface area contributed by atoms with Gasteiger partial charge in [-0.15, -0.1) is 5.10 Å². The molecule has 2 aromatic heterocycles. The summed E-state index contributed by atoms with van der Waals surface area (Å²) in [5.41, 5.74) is 2.62. The maximum atomic E-state index is 12.9. The molecule has 1 saturated carbocycles. The summed E-state index contributed by atoms with van der Waals surface area (Å²) in [6, 6.07) is 19.6. The highest BCUT2D eigenvalue weighted by atomic mass is 32.2. The fourth-order valence-electron chi connectivity index (χ4n) is 3.38. The zero-order valence-corrected chi connectivity index (χ0v) is 17.3. The highest BCUT2D eigenvalue weighted by molar-refractivity contribution is 8.00. The van der Waals surface area contributed by atoms with Crippen molar-refractivity contribution >= 4 is 34.3 Å². The first kappa shape index (κ1) is 18.8. The Kier molecular flexibility index (Phi) is 4.96. The molecule has 1 fully saturated rings. The van der Waals surface area contributed by atoms with Gasteiger partial charge in [0.25, 0.3) is 0 Å². The van der Waals surface area contributed by atoms with Gasteiger partial charge in [-0.3, -0.25) is 9.78 Å². The number of hydrogen-bond acceptors (Lipinski definition) is 5. The molecular formula is C23H21N5OS. The number of carbonyl (C=O) groups excluding carboxylic acids is 1. The summed E-state index contributed by atoms with van der Waals surface area (Å²) in [5, 5.41) is 8.95. The summed E-state index contributed by atoms with van der Waals surface area (Å²) in [6.45, 7) is 1.88. The SMILES string of the molecule is CC(Sc1nc(C2CC2)n(-c2ccccc2)n1)C(=O)Nc1cccc2ncccc12. The van der Waals surface area contributed by atoms with E-state index >= 15 is 0 Å². The van der Waals surface area contributed by atoms with Crippen molar-refractivity contribution in [2.45, 2.75) is 36.1 Å². The number of nitrogens with zero attached hydrogens (tertiary/aromatic N) is 4. The number of anilines is 1. The van der Waals surface area contributed by atoms with Crippen LogP contribution < -0.4 is 5.32 Å². The van der Waals surface area contributed by atoms with E-state index in [2.05, 4.69) is 10.3 Å². The maximum absolute atomic E-state index is 12.9. The first-order chi connectivity index (χ1) is 14.7. The topological polar surface area (TPSA) is 72.7 Å². The zero-order chi connectivity index (χ0) is 20.5. The molecule has 1 aliphatic carbocycles. The molecule has 150 valence electrons. The summed E-state index contributed by atoms with van der Waals surface area (Å²) in [5.74, 6) is 1.36. The lowest BCUT2D eigenvalue weighted by molar-refractivity contribution is -0.115. The lowest BCUT2D eigenvalue weighted by Crippen LogP contribution is -2.22. The molecule has 1 N–H and O–H groups in total. The average molecular weight is 416 g/mol. The Morgan fingerprint density at radius 2 is 1.93 bits per heavy atom. The molecule has 1 aliphatic rings. The van der Waals surface area contributed by atoms with Gasteiger partial charge in [0.05, 0.1) is 22.1 Å². The lowest BCUT2D eigenvalue weighted by Gasteiger charge is -2.12. The van der Waals surface area contributed by atoms with Crippen molar-refractivity contribution in [3.05, 3.63) is 72.7 Å². The van der Waals surface area contributed by atoms with Crippen molar-refractivity contribution in [2.75, 3.05) is 5.32 Å². The van der Waals surface area contributed by atoms with Crippen LogP contribution in [0.25, 0.3) is 16.6 Å². The van der Waals surface area contributed by atoms with E-state index in [4.69, 9.17) is 10.1 Å². The number of fused-ring (bicyclic) bond motifs is 1. The minimum absolute atomic E-state index is 0.0830. The Morgan fingerprint density at radius 1 is 1.10 bits per heavy atom. The smallest absolute Gasteiger partial charge is 0.237 e. The molecule has 0 bridgehead atoms. The Morgan fingerprint density at radius 3 is 2.73 bits per heavy atom. The molecule has 1 unspecified atom stereocenters. The van der Waals surface area contributed by atoms with Gasteiger partial charge in [0.2, 0.25) is 11.1 Å². The van der Waals surface area contributed by atoms with Gasteiger partial charge in [-0.2, -0.15) is 0 Å². The zero-order valence-electron chi connectivity index (χ0n) is 16.5. The number of carbonyl (C=O) groups is 1. The van der Waals surface area contributed by atoms with Crippen molar-refractivity contribution in [1.82, 2.24) is 19.7 Å². The van der Waals surface area contributed by atoms with Crippen molar-refractivity contribution in [3.63, 3.8) is 0 Å². The van der Waals surface area contributed by atoms with Gasteiger partial charge in [-0.05, 0) is 56.2 Å². The summed E-state index contributed by atoms with van der Waals surface area (Å²) < 4.78 is 1.92. The van der Waals surface area contributed by atoms with Crippen LogP contribution in [0.15, 0.2) is 72.0 Å². The summed E-state index contributed by atoms with van der Waals surface area (Å²) in [4.78, 5) is 22.0. The largest absolute Gasteiger partial charge is 0.324 e. The van der Waals surface area contributed by atoms with Crippen LogP contribution >= 0.6 is 11.8 Å². The molecule has 7 heteroatoms. The molecular weight excluding hydrogens is 394 g/mol. The maximum Gasteiger partial charge on any atom is 0.237 e. The molecule has 2 aromatic carbocycles. The van der Waals surface area contributed by atoms with Crippen LogP contribution in [-0.4, -0.2) is 30.9 Å². The molecule has 6 nitrogen and oxygen atoms in total. The van der Waals surface area contributed by atoms with Crippen molar-refractivity contribution in [2.24, 2.45) is 0 Å². The molecule has 0 saturated heterocycles. The monoisotopic (exact) mass is 415 g/mol. The Bertz CT molecular complexity index is 1200. The quantitative estimate of drug-likeness (QED) is 0.458. The average Bonchev–Trinajstić information content (AvgIpc) is 3.54. The first-order valence-corrected chi connectivity index (χ1v) is 10.9. The fraction of sp³-hybridized carbons (Fsp3) is 0.217. The number of nitrogens with one attached hydrogen (secondary N) is 1. The molecule has 0 aliphatic heterocycles. The van der Waals surface area contributed by atoms with E-state index in [-0.39, 0.29) is 11.2 Å². The van der Waals surface area contributed by atoms with E-state index in [1.807, 2.05) is 72.3 Å². The number of thioether (sulfide) groups is 1. The van der Waals surface area contributed by atoms with Gasteiger partial charge in [0, 0.05) is 17.5 Å². The van der Waals surface area contributed by atoms with Crippen LogP contribution in [0.1, 0.15) is 31.5 Å². The van der Waals surface area contributed by atoms with Crippen LogP contribution in [0.3, 0.4) is 0 Å². The molecule has 1 amide bonds. The van der Waals surface area contributed by atoms with Crippen LogP contribution in [0.5, 0.6) is 0 Å². The summed E-state index contributed by atoms with van der Waals surface area (Å²) in [7, 11) is 0. The summed E-state index contributed by atoms with van der Waals surface area (Å²) >= 11 is 1.38. The number of aromatic nitrogens is 4. The van der Waals surface area contributed by atoms with Crippen molar-refractivity contribution < 1.29 is 4.79 Å². The van der Waals surface area contributed by atoms with Gasteiger partial charge in [-0.1, -0.05) is 36.0 Å². The highest BCUT2D eigenvalue weighted by Crippen LogP contribution is 2.40. The second-order valence-corrected chi connectivity index (χ2v) is 8.71. The van der Waals surface area contributed by atoms with Gasteiger partial charge in [0.1, 0.15) is 5.82 Å². The number of rotatable bonds is 6. The fourth-order valence-corrected chi connectivity index (χ4v) is 4.13. The van der Waals surface area contributed by atoms with Crippen LogP contribution in [0, 0.1) is 0 Å². The normalized spacial score (nSPS) is 14.6. The van der Waals surface area contributed by atoms with Gasteiger partial charge < -0.3 is 5.32 Å². The predicted molar refractivity (Wildman–Crippen MR) is 119 cm³/mol. The third-order valence-corrected chi connectivity index (χ3v) is 6.06. The second kappa shape index (κ2) is 7.91. The van der Waals surface area contributed by atoms with Crippen molar-refractivity contribution in [3.8, 4) is 5.69 Å². The third kappa shape index (κ3) is 3.80. The molecule has 0 radical (unpaired) electrons. The van der Waals surface area contributed by atoms with E-state index in [9.17, 15) is 4.79 Å². The first-order valence-electron chi connectivity index (χ1n) is 10.0. The minimum Gasteiger partial charge on any atom is -0.324 e. The predicted octanol–water partition coefficient (Wildman–Crippen LogP) is 4.81. The van der Waals surface area contributed by atoms with E-state index in [1.165, 1.54) is 11.8 Å². The molecule has 0 spiro atoms. The van der Waals surface area contributed by atoms with E-state index in [0.717, 1.165) is 40.9 Å². The van der Waals surface area contributed by atoms with Crippen LogP contribution in [0.2, 0.25) is 0 Å². The standard InChI is InChI=1S/C23H21N5OS/c1-15(22(29)25-20-11-5-10-19-18(20)9-6-14-24-19)30-23-26-21(16-12-13-16)28(27-23)17-7-3-2-4-8-17/h2-11,14-16H,12-13H2,1H3,(H,25,29). The Balaban J connectivity index is 1.35. The molecule has 1 atom stereocenters. The summed E-state index contributed by atoms with van der Waals surface area (Å²) in [6.07, 6.45) is 4.03. The van der Waals surface area contributed by atoms with E-state index in [0.29, 0.717) is 11.1 Å². The van der Waals surface area contributed by atoms with Gasteiger partial charge in [-0.25, -0.2) is 9.67 Å². The molecule has 2 heterocycles. The van der Waals surface area contributed by atoms with Gasteiger partial charge in [0.15, 0.2) is 0 Å². The van der Waals surface area contributed by atoms with E-state index in [1.54, 1.807) is 6.20 Å². The number of hydrogen-bond donors (Lipinski definition) is 1. The van der Waals surface area contributed by atoms with Crippen LogP contribution in [0.4, 0.5) is 5.69 Å². The third-order valence-electron chi connectivity index (χ3n) is 5.11. The highest BCUT2D eigenvalue weighted by Gasteiger charge is 2.31. The minimum atomic E-state index is -0.337. The number of benzene rings is 2. The van der Waals surface area contributed by atoms with Gasteiger partial charge >= 0.3 is 0 Å².